The molecule has 0 aliphatic carbocycles. The van der Waals surface area contributed by atoms with Crippen molar-refractivity contribution in [3.63, 3.8) is 0 Å². The van der Waals surface area contributed by atoms with Gasteiger partial charge < -0.3 is 14.5 Å². The molecule has 0 radical (unpaired) electrons. The molecule has 0 saturated carbocycles. The average Bonchev–Trinajstić information content (AvgIpc) is 2.72. The molecule has 8 nitrogen and oxygen atoms in total. The number of rotatable bonds is 0. The maximum Gasteiger partial charge on any atom is 0.310 e. The number of nitrogens with zero attached hydrogens (tertiary/aromatic N) is 2. The van der Waals surface area contributed by atoms with E-state index >= 15 is 0 Å². The Bertz CT molecular complexity index is 422. The Kier molecular flexibility index (Phi) is 18.2. The summed E-state index contributed by atoms with van der Waals surface area (Å²) in [6.45, 7) is 4.85. The number of amides is 2. The molecule has 1 aliphatic heterocycles. The second-order valence-electron chi connectivity index (χ2n) is 5.16. The van der Waals surface area contributed by atoms with Gasteiger partial charge in [-0.1, -0.05) is 0 Å². The summed E-state index contributed by atoms with van der Waals surface area (Å²) in [5.74, 6) is -0.741. The minimum Gasteiger partial charge on any atom is -0.394 e. The molecular weight excluding hydrogens is 336 g/mol. The van der Waals surface area contributed by atoms with Gasteiger partial charge in [-0.3, -0.25) is 23.4 Å². The fraction of sp³-hybridized carbons (Fsp3) is 0.733. The van der Waals surface area contributed by atoms with Crippen LogP contribution >= 0.6 is 0 Å². The van der Waals surface area contributed by atoms with Crippen LogP contribution in [0.2, 0.25) is 0 Å². The number of hydrogen-bond acceptors (Lipinski definition) is 6. The number of hydrogen-bond donors (Lipinski definition) is 0. The van der Waals surface area contributed by atoms with Crippen molar-refractivity contribution in [2.24, 2.45) is 0 Å². The van der Waals surface area contributed by atoms with Crippen molar-refractivity contribution >= 4 is 34.6 Å². The van der Waals surface area contributed by atoms with Crippen molar-refractivity contribution in [3.8, 4) is 0 Å². The van der Waals surface area contributed by atoms with E-state index in [2.05, 4.69) is 4.74 Å². The summed E-state index contributed by atoms with van der Waals surface area (Å²) >= 11 is 0. The minimum absolute atomic E-state index is 0.0926. The van der Waals surface area contributed by atoms with Crippen LogP contribution in [-0.4, -0.2) is 78.0 Å². The van der Waals surface area contributed by atoms with Gasteiger partial charge >= 0.3 is 11.9 Å². The fourth-order valence-corrected chi connectivity index (χ4v) is 0.985. The first-order valence-electron chi connectivity index (χ1n) is 7.17. The predicted molar refractivity (Wildman–Crippen MR) is 93.7 cm³/mol. The van der Waals surface area contributed by atoms with Crippen LogP contribution in [0.25, 0.3) is 0 Å². The van der Waals surface area contributed by atoms with Crippen LogP contribution in [0.5, 0.6) is 0 Å². The topological polar surface area (TPSA) is 101 Å². The molecule has 0 N–H and O–H groups in total. The largest absolute Gasteiger partial charge is 0.394 e. The molecule has 0 unspecified atom stereocenters. The Morgan fingerprint density at radius 2 is 1.42 bits per heavy atom. The maximum atomic E-state index is 10.5. The highest BCUT2D eigenvalue weighted by molar-refractivity contribution is 7.83. The third-order valence-electron chi connectivity index (χ3n) is 2.23. The van der Waals surface area contributed by atoms with Crippen molar-refractivity contribution in [1.82, 2.24) is 9.80 Å². The Hall–Kier alpha value is -1.77. The number of likely N-dealkylation sites (tertiary alicyclic amines) is 1. The van der Waals surface area contributed by atoms with Gasteiger partial charge in [0.25, 0.3) is 0 Å². The van der Waals surface area contributed by atoms with E-state index in [0.717, 1.165) is 19.4 Å². The van der Waals surface area contributed by atoms with E-state index < -0.39 is 22.7 Å². The molecule has 142 valence electrons. The Morgan fingerprint density at radius 3 is 1.46 bits per heavy atom. The molecular formula is C15H30N2O6S. The standard InChI is InChI=1S/C5H9NO.C4H9NO.C4H6O3.C2H6OS/c1-6-4-2-3-5(6)7;1-4(6)5(2)3;1-3(5)7-4(2)6;1-4(2)3/h2-4H2,1H3;1-3H3;1-2H3;1-2H3. The number of ether oxygens (including phenoxy) is 1. The van der Waals surface area contributed by atoms with Crippen molar-refractivity contribution in [2.45, 2.75) is 33.6 Å². The van der Waals surface area contributed by atoms with E-state index in [1.807, 2.05) is 7.05 Å². The second kappa shape index (κ2) is 16.1. The van der Waals surface area contributed by atoms with Crippen molar-refractivity contribution in [3.05, 3.63) is 0 Å². The van der Waals surface area contributed by atoms with Crippen LogP contribution in [0.1, 0.15) is 33.6 Å². The molecule has 1 rings (SSSR count). The molecule has 0 atom stereocenters. The van der Waals surface area contributed by atoms with Gasteiger partial charge in [0.2, 0.25) is 11.8 Å². The van der Waals surface area contributed by atoms with Crippen LogP contribution in [0.4, 0.5) is 0 Å². The SMILES string of the molecule is CC(=O)N(C)C.CC(=O)OC(C)=O.CN1CCCC1=O.CS(C)=O. The molecule has 0 bridgehead atoms. The Labute approximate surface area is 147 Å². The second-order valence-corrected chi connectivity index (χ2v) is 6.64. The third-order valence-corrected chi connectivity index (χ3v) is 2.23. The lowest BCUT2D eigenvalue weighted by Crippen LogP contribution is -2.17. The summed E-state index contributed by atoms with van der Waals surface area (Å²) in [6, 6.07) is 0. The van der Waals surface area contributed by atoms with Crippen LogP contribution in [0.15, 0.2) is 0 Å². The molecule has 0 aromatic carbocycles. The van der Waals surface area contributed by atoms with Gasteiger partial charge in [-0.05, 0) is 6.42 Å². The van der Waals surface area contributed by atoms with Crippen LogP contribution in [-0.2, 0) is 34.7 Å². The number of carbonyl (C=O) groups is 4. The summed E-state index contributed by atoms with van der Waals surface area (Å²) in [5.41, 5.74) is 0. The first-order chi connectivity index (χ1) is 10.8. The smallest absolute Gasteiger partial charge is 0.310 e. The van der Waals surface area contributed by atoms with E-state index in [9.17, 15) is 23.4 Å². The highest BCUT2D eigenvalue weighted by Gasteiger charge is 2.14. The van der Waals surface area contributed by atoms with E-state index in [4.69, 9.17) is 0 Å². The first-order valence-corrected chi connectivity index (χ1v) is 9.13. The quantitative estimate of drug-likeness (QED) is 0.455. The molecule has 2 amide bonds. The highest BCUT2D eigenvalue weighted by atomic mass is 32.2. The van der Waals surface area contributed by atoms with Crippen molar-refractivity contribution < 1.29 is 28.1 Å². The Balaban J connectivity index is -0.000000250. The van der Waals surface area contributed by atoms with Gasteiger partial charge in [0.15, 0.2) is 0 Å². The fourth-order valence-electron chi connectivity index (χ4n) is 0.985. The van der Waals surface area contributed by atoms with Crippen molar-refractivity contribution in [1.29, 1.82) is 0 Å². The monoisotopic (exact) mass is 366 g/mol. The van der Waals surface area contributed by atoms with Gasteiger partial charge in [-0.25, -0.2) is 0 Å². The Morgan fingerprint density at radius 1 is 1.08 bits per heavy atom. The van der Waals surface area contributed by atoms with Gasteiger partial charge in [0.05, 0.1) is 0 Å². The van der Waals surface area contributed by atoms with E-state index in [0.29, 0.717) is 5.91 Å². The molecule has 0 aromatic rings. The predicted octanol–water partition coefficient (Wildman–Crippen LogP) is 0.424. The van der Waals surface area contributed by atoms with Gasteiger partial charge in [-0.2, -0.15) is 0 Å². The molecule has 1 fully saturated rings. The number of carbonyl (C=O) groups excluding carboxylic acids is 4. The highest BCUT2D eigenvalue weighted by Crippen LogP contribution is 2.04. The molecule has 1 saturated heterocycles. The lowest BCUT2D eigenvalue weighted by Gasteiger charge is -2.03. The van der Waals surface area contributed by atoms with Gasteiger partial charge in [0, 0.05) is 78.2 Å². The molecule has 1 heterocycles. The summed E-state index contributed by atoms with van der Waals surface area (Å²) < 4.78 is 13.5. The number of esters is 2. The summed E-state index contributed by atoms with van der Waals surface area (Å²) in [5, 5.41) is 0. The van der Waals surface area contributed by atoms with Crippen molar-refractivity contribution in [2.75, 3.05) is 40.2 Å². The lowest BCUT2D eigenvalue weighted by molar-refractivity contribution is -0.156. The zero-order valence-electron chi connectivity index (χ0n) is 15.9. The molecule has 1 aliphatic rings. The summed E-state index contributed by atoms with van der Waals surface area (Å²) in [7, 11) is 4.68. The normalized spacial score (nSPS) is 11.9. The average molecular weight is 366 g/mol. The minimum atomic E-state index is -0.611. The zero-order valence-corrected chi connectivity index (χ0v) is 16.7. The van der Waals surface area contributed by atoms with Gasteiger partial charge in [0.1, 0.15) is 0 Å². The molecule has 9 heteroatoms. The third kappa shape index (κ3) is 28.4. The lowest BCUT2D eigenvalue weighted by atomic mass is 10.4. The van der Waals surface area contributed by atoms with Crippen LogP contribution in [0.3, 0.4) is 0 Å². The molecule has 24 heavy (non-hydrogen) atoms. The van der Waals surface area contributed by atoms with E-state index in [1.165, 1.54) is 25.7 Å². The maximum absolute atomic E-state index is 10.5. The molecule has 0 spiro atoms. The summed E-state index contributed by atoms with van der Waals surface area (Å²) in [6.07, 6.45) is 5.09. The summed E-state index contributed by atoms with van der Waals surface area (Å²) in [4.78, 5) is 43.5. The van der Waals surface area contributed by atoms with Crippen LogP contribution < -0.4 is 0 Å². The van der Waals surface area contributed by atoms with Crippen LogP contribution in [0, 0.1) is 0 Å². The van der Waals surface area contributed by atoms with Gasteiger partial charge in [-0.15, -0.1) is 0 Å². The van der Waals surface area contributed by atoms with E-state index in [1.54, 1.807) is 31.5 Å². The first kappa shape index (κ1) is 27.1. The van der Waals surface area contributed by atoms with E-state index in [-0.39, 0.29) is 5.91 Å². The zero-order chi connectivity index (χ0) is 19.9. The molecule has 0 aromatic heterocycles.